The van der Waals surface area contributed by atoms with Crippen LogP contribution in [-0.2, 0) is 6.42 Å². The molecule has 0 heterocycles. The number of non-ortho nitro benzene ring substituents is 1. The zero-order valence-electron chi connectivity index (χ0n) is 10.7. The number of nitro benzene ring substituents is 2. The molecule has 1 aromatic rings. The first kappa shape index (κ1) is 15.4. The number of nitro groups is 2. The van der Waals surface area contributed by atoms with Gasteiger partial charge in [-0.15, -0.1) is 11.6 Å². The molecule has 0 saturated carbocycles. The first-order valence-electron chi connectivity index (χ1n) is 5.92. The minimum Gasteiger partial charge on any atom is -0.258 e. The van der Waals surface area contributed by atoms with E-state index in [-0.39, 0.29) is 22.7 Å². The topological polar surface area (TPSA) is 86.3 Å². The van der Waals surface area contributed by atoms with Crippen molar-refractivity contribution in [3.05, 3.63) is 44.0 Å². The van der Waals surface area contributed by atoms with Gasteiger partial charge in [0.2, 0.25) is 0 Å². The van der Waals surface area contributed by atoms with E-state index in [1.54, 1.807) is 0 Å². The Balaban J connectivity index is 3.07. The highest BCUT2D eigenvalue weighted by atomic mass is 35.5. The lowest BCUT2D eigenvalue weighted by Crippen LogP contribution is -2.14. The monoisotopic (exact) mass is 286 g/mol. The smallest absolute Gasteiger partial charge is 0.258 e. The average molecular weight is 287 g/mol. The third-order valence-corrected chi connectivity index (χ3v) is 3.76. The fourth-order valence-electron chi connectivity index (χ4n) is 1.89. The summed E-state index contributed by atoms with van der Waals surface area (Å²) in [5.74, 6) is 0.0619. The Labute approximate surface area is 115 Å². The molecule has 2 unspecified atom stereocenters. The van der Waals surface area contributed by atoms with Crippen LogP contribution in [0.25, 0.3) is 0 Å². The molecule has 0 saturated heterocycles. The summed E-state index contributed by atoms with van der Waals surface area (Å²) in [6.07, 6.45) is 1.19. The quantitative estimate of drug-likeness (QED) is 0.453. The van der Waals surface area contributed by atoms with E-state index < -0.39 is 9.85 Å². The van der Waals surface area contributed by atoms with Gasteiger partial charge in [-0.25, -0.2) is 0 Å². The summed E-state index contributed by atoms with van der Waals surface area (Å²) >= 11 is 6.10. The van der Waals surface area contributed by atoms with E-state index in [0.29, 0.717) is 12.0 Å². The second-order valence-electron chi connectivity index (χ2n) is 4.43. The molecule has 0 aliphatic carbocycles. The number of halogens is 1. The Morgan fingerprint density at radius 3 is 2.37 bits per heavy atom. The zero-order valence-corrected chi connectivity index (χ0v) is 11.5. The summed E-state index contributed by atoms with van der Waals surface area (Å²) < 4.78 is 0. The van der Waals surface area contributed by atoms with Crippen molar-refractivity contribution in [2.45, 2.75) is 32.1 Å². The third kappa shape index (κ3) is 3.89. The van der Waals surface area contributed by atoms with Crippen LogP contribution in [0.3, 0.4) is 0 Å². The van der Waals surface area contributed by atoms with Gasteiger partial charge >= 0.3 is 0 Å². The van der Waals surface area contributed by atoms with Crippen molar-refractivity contribution < 1.29 is 9.85 Å². The molecular formula is C12H15ClN2O4. The first-order valence-corrected chi connectivity index (χ1v) is 6.36. The van der Waals surface area contributed by atoms with Crippen LogP contribution in [0.15, 0.2) is 18.2 Å². The third-order valence-electron chi connectivity index (χ3n) is 3.03. The molecule has 104 valence electrons. The summed E-state index contributed by atoms with van der Waals surface area (Å²) in [5, 5.41) is 21.5. The Bertz CT molecular complexity index is 493. The molecule has 7 heteroatoms. The highest BCUT2D eigenvalue weighted by molar-refractivity contribution is 6.20. The molecule has 0 spiro atoms. The number of benzene rings is 1. The van der Waals surface area contributed by atoms with E-state index in [2.05, 4.69) is 0 Å². The maximum atomic E-state index is 11.0. The molecule has 1 rings (SSSR count). The molecule has 0 aromatic heterocycles. The maximum absolute atomic E-state index is 11.0. The van der Waals surface area contributed by atoms with Crippen molar-refractivity contribution in [1.29, 1.82) is 0 Å². The van der Waals surface area contributed by atoms with Crippen molar-refractivity contribution in [3.8, 4) is 0 Å². The number of hydrogen-bond acceptors (Lipinski definition) is 4. The van der Waals surface area contributed by atoms with Crippen molar-refractivity contribution in [1.82, 2.24) is 0 Å². The van der Waals surface area contributed by atoms with E-state index in [0.717, 1.165) is 12.5 Å². The lowest BCUT2D eigenvalue weighted by Gasteiger charge is -2.16. The SMILES string of the molecule is CCC(Cl)C(C)Cc1ccc([N+](=O)[O-])cc1[N+](=O)[O-]. The van der Waals surface area contributed by atoms with Crippen LogP contribution in [-0.4, -0.2) is 15.2 Å². The zero-order chi connectivity index (χ0) is 14.6. The van der Waals surface area contributed by atoms with E-state index in [1.807, 2.05) is 13.8 Å². The Morgan fingerprint density at radius 2 is 1.89 bits per heavy atom. The average Bonchev–Trinajstić information content (AvgIpc) is 2.37. The summed E-state index contributed by atoms with van der Waals surface area (Å²) in [6.45, 7) is 3.85. The van der Waals surface area contributed by atoms with Gasteiger partial charge in [-0.1, -0.05) is 13.8 Å². The van der Waals surface area contributed by atoms with Crippen molar-refractivity contribution in [2.24, 2.45) is 5.92 Å². The molecule has 19 heavy (non-hydrogen) atoms. The van der Waals surface area contributed by atoms with Gasteiger partial charge in [0.15, 0.2) is 0 Å². The van der Waals surface area contributed by atoms with Crippen molar-refractivity contribution >= 4 is 23.0 Å². The van der Waals surface area contributed by atoms with Gasteiger partial charge < -0.3 is 0 Å². The van der Waals surface area contributed by atoms with Gasteiger partial charge in [-0.2, -0.15) is 0 Å². The van der Waals surface area contributed by atoms with E-state index >= 15 is 0 Å². The van der Waals surface area contributed by atoms with Crippen LogP contribution in [0.1, 0.15) is 25.8 Å². The second-order valence-corrected chi connectivity index (χ2v) is 4.99. The Hall–Kier alpha value is -1.69. The molecule has 0 fully saturated rings. The molecule has 0 bridgehead atoms. The normalized spacial score (nSPS) is 13.8. The molecule has 0 aliphatic rings. The van der Waals surface area contributed by atoms with Crippen molar-refractivity contribution in [2.75, 3.05) is 0 Å². The predicted molar refractivity (Wildman–Crippen MR) is 72.6 cm³/mol. The van der Waals surface area contributed by atoms with Gasteiger partial charge in [0, 0.05) is 17.0 Å². The number of alkyl halides is 1. The molecule has 1 aromatic carbocycles. The Morgan fingerprint density at radius 1 is 1.26 bits per heavy atom. The fraction of sp³-hybridized carbons (Fsp3) is 0.500. The minimum absolute atomic E-state index is 0.0619. The van der Waals surface area contributed by atoms with Gasteiger partial charge in [-0.05, 0) is 24.8 Å². The lowest BCUT2D eigenvalue weighted by molar-refractivity contribution is -0.394. The van der Waals surface area contributed by atoms with Gasteiger partial charge in [0.05, 0.1) is 15.9 Å². The largest absolute Gasteiger partial charge is 0.279 e. The van der Waals surface area contributed by atoms with Gasteiger partial charge in [-0.3, -0.25) is 20.2 Å². The molecular weight excluding hydrogens is 272 g/mol. The molecule has 0 N–H and O–H groups in total. The fourth-order valence-corrected chi connectivity index (χ4v) is 1.97. The van der Waals surface area contributed by atoms with Gasteiger partial charge in [0.1, 0.15) is 0 Å². The van der Waals surface area contributed by atoms with E-state index in [1.165, 1.54) is 12.1 Å². The molecule has 2 atom stereocenters. The van der Waals surface area contributed by atoms with Crippen LogP contribution in [0.4, 0.5) is 11.4 Å². The number of hydrogen-bond donors (Lipinski definition) is 0. The standard InChI is InChI=1S/C12H15ClN2O4/c1-3-11(13)8(2)6-9-4-5-10(14(16)17)7-12(9)15(18)19/h4-5,7-8,11H,3,6H2,1-2H3. The highest BCUT2D eigenvalue weighted by Crippen LogP contribution is 2.28. The first-order chi connectivity index (χ1) is 8.86. The summed E-state index contributed by atoms with van der Waals surface area (Å²) in [6, 6.07) is 3.72. The maximum Gasteiger partial charge on any atom is 0.279 e. The van der Waals surface area contributed by atoms with Crippen LogP contribution in [0, 0.1) is 26.1 Å². The molecule has 0 aliphatic heterocycles. The lowest BCUT2D eigenvalue weighted by atomic mass is 9.95. The van der Waals surface area contributed by atoms with Crippen LogP contribution >= 0.6 is 11.6 Å². The van der Waals surface area contributed by atoms with E-state index in [9.17, 15) is 20.2 Å². The Kier molecular flexibility index (Phi) is 5.23. The second kappa shape index (κ2) is 6.47. The van der Waals surface area contributed by atoms with Crippen LogP contribution < -0.4 is 0 Å². The van der Waals surface area contributed by atoms with Crippen LogP contribution in [0.5, 0.6) is 0 Å². The van der Waals surface area contributed by atoms with Gasteiger partial charge in [0.25, 0.3) is 11.4 Å². The highest BCUT2D eigenvalue weighted by Gasteiger charge is 2.22. The predicted octanol–water partition coefficient (Wildman–Crippen LogP) is 3.70. The van der Waals surface area contributed by atoms with Crippen molar-refractivity contribution in [3.63, 3.8) is 0 Å². The summed E-state index contributed by atoms with van der Waals surface area (Å²) in [7, 11) is 0. The number of rotatable bonds is 6. The minimum atomic E-state index is -0.642. The summed E-state index contributed by atoms with van der Waals surface area (Å²) in [5.41, 5.74) is -0.0239. The molecule has 0 amide bonds. The summed E-state index contributed by atoms with van der Waals surface area (Å²) in [4.78, 5) is 20.4. The van der Waals surface area contributed by atoms with E-state index in [4.69, 9.17) is 11.6 Å². The van der Waals surface area contributed by atoms with Crippen LogP contribution in [0.2, 0.25) is 0 Å². The number of nitrogens with zero attached hydrogens (tertiary/aromatic N) is 2. The molecule has 0 radical (unpaired) electrons. The molecule has 6 nitrogen and oxygen atoms in total.